The van der Waals surface area contributed by atoms with Crippen molar-refractivity contribution in [2.75, 3.05) is 46.9 Å². The van der Waals surface area contributed by atoms with Crippen molar-refractivity contribution in [2.45, 2.75) is 11.3 Å². The molecule has 0 aliphatic carbocycles. The molecule has 1 fully saturated rings. The maximum absolute atomic E-state index is 12.9. The molecule has 0 bridgehead atoms. The summed E-state index contributed by atoms with van der Waals surface area (Å²) in [6, 6.07) is 6.84. The topological polar surface area (TPSA) is 82.9 Å². The van der Waals surface area contributed by atoms with Crippen LogP contribution in [0.5, 0.6) is 11.5 Å². The molecule has 0 radical (unpaired) electrons. The first-order chi connectivity index (χ1) is 11.0. The first-order valence-corrected chi connectivity index (χ1v) is 8.78. The van der Waals surface area contributed by atoms with Gasteiger partial charge in [-0.25, -0.2) is 8.42 Å². The van der Waals surface area contributed by atoms with Crippen molar-refractivity contribution in [3.63, 3.8) is 0 Å². The number of piperazine rings is 1. The molecule has 0 saturated carbocycles. The second-order valence-electron chi connectivity index (χ2n) is 5.17. The molecule has 0 atom stereocenters. The first kappa shape index (κ1) is 17.5. The number of hydrogen-bond acceptors (Lipinski definition) is 6. The number of ether oxygens (including phenoxy) is 2. The van der Waals surface area contributed by atoms with Crippen LogP contribution in [-0.4, -0.2) is 64.6 Å². The van der Waals surface area contributed by atoms with Crippen LogP contribution in [-0.2, 0) is 10.0 Å². The summed E-state index contributed by atoms with van der Waals surface area (Å²) in [5.41, 5.74) is 0. The fraction of sp³-hybridized carbons (Fsp3) is 0.533. The largest absolute Gasteiger partial charge is 0.497 e. The van der Waals surface area contributed by atoms with E-state index in [-0.39, 0.29) is 4.90 Å². The van der Waals surface area contributed by atoms with Gasteiger partial charge in [0.2, 0.25) is 10.0 Å². The lowest BCUT2D eigenvalue weighted by atomic mass is 10.3. The summed E-state index contributed by atoms with van der Waals surface area (Å²) < 4.78 is 37.5. The average molecular weight is 339 g/mol. The number of nitrogens with zero attached hydrogens (tertiary/aromatic N) is 3. The second-order valence-corrected chi connectivity index (χ2v) is 7.08. The van der Waals surface area contributed by atoms with Gasteiger partial charge in [0.25, 0.3) is 0 Å². The van der Waals surface area contributed by atoms with Crippen LogP contribution < -0.4 is 9.47 Å². The van der Waals surface area contributed by atoms with Crippen molar-refractivity contribution in [1.82, 2.24) is 9.21 Å². The lowest BCUT2D eigenvalue weighted by Gasteiger charge is -2.33. The Morgan fingerprint density at radius 2 is 1.87 bits per heavy atom. The van der Waals surface area contributed by atoms with E-state index in [9.17, 15) is 8.42 Å². The Balaban J connectivity index is 2.18. The summed E-state index contributed by atoms with van der Waals surface area (Å²) in [5.74, 6) is 0.773. The van der Waals surface area contributed by atoms with Gasteiger partial charge in [-0.05, 0) is 12.1 Å². The van der Waals surface area contributed by atoms with Gasteiger partial charge in [-0.2, -0.15) is 9.57 Å². The highest BCUT2D eigenvalue weighted by Crippen LogP contribution is 2.31. The lowest BCUT2D eigenvalue weighted by molar-refractivity contribution is 0.191. The fourth-order valence-electron chi connectivity index (χ4n) is 2.53. The summed E-state index contributed by atoms with van der Waals surface area (Å²) in [7, 11) is -0.707. The maximum atomic E-state index is 12.9. The molecular weight excluding hydrogens is 318 g/mol. The van der Waals surface area contributed by atoms with Gasteiger partial charge in [0.1, 0.15) is 16.4 Å². The van der Waals surface area contributed by atoms with Crippen molar-refractivity contribution >= 4 is 10.0 Å². The molecule has 23 heavy (non-hydrogen) atoms. The van der Waals surface area contributed by atoms with Crippen LogP contribution in [0.3, 0.4) is 0 Å². The Hall–Kier alpha value is -1.82. The number of benzene rings is 1. The van der Waals surface area contributed by atoms with Crippen LogP contribution in [0.15, 0.2) is 23.1 Å². The zero-order valence-corrected chi connectivity index (χ0v) is 14.2. The normalized spacial score (nSPS) is 16.7. The zero-order valence-electron chi connectivity index (χ0n) is 13.4. The smallest absolute Gasteiger partial charge is 0.246 e. The predicted molar refractivity (Wildman–Crippen MR) is 85.0 cm³/mol. The van der Waals surface area contributed by atoms with Crippen molar-refractivity contribution in [3.05, 3.63) is 18.2 Å². The molecule has 1 aromatic rings. The van der Waals surface area contributed by atoms with E-state index in [2.05, 4.69) is 11.0 Å². The van der Waals surface area contributed by atoms with Crippen molar-refractivity contribution in [3.8, 4) is 17.6 Å². The van der Waals surface area contributed by atoms with Gasteiger partial charge < -0.3 is 9.47 Å². The number of sulfonamides is 1. The van der Waals surface area contributed by atoms with Crippen molar-refractivity contribution in [2.24, 2.45) is 0 Å². The SMILES string of the molecule is COc1ccc(OC)c(S(=O)(=O)N2CCN(CCC#N)CC2)c1. The Kier molecular flexibility index (Phi) is 5.82. The highest BCUT2D eigenvalue weighted by molar-refractivity contribution is 7.89. The van der Waals surface area contributed by atoms with E-state index in [0.29, 0.717) is 50.6 Å². The minimum atomic E-state index is -3.64. The summed E-state index contributed by atoms with van der Waals surface area (Å²) >= 11 is 0. The first-order valence-electron chi connectivity index (χ1n) is 7.34. The molecule has 1 aliphatic heterocycles. The Labute approximate surface area is 137 Å². The predicted octanol–water partition coefficient (Wildman–Crippen LogP) is 0.924. The molecule has 2 rings (SSSR count). The Morgan fingerprint density at radius 3 is 2.43 bits per heavy atom. The van der Waals surface area contributed by atoms with Gasteiger partial charge in [-0.3, -0.25) is 4.90 Å². The molecule has 0 unspecified atom stereocenters. The molecule has 1 heterocycles. The minimum Gasteiger partial charge on any atom is -0.497 e. The molecular formula is C15H21N3O4S. The van der Waals surface area contributed by atoms with Gasteiger partial charge in [0.05, 0.1) is 20.3 Å². The van der Waals surface area contributed by atoms with E-state index in [4.69, 9.17) is 14.7 Å². The quantitative estimate of drug-likeness (QED) is 0.766. The lowest BCUT2D eigenvalue weighted by Crippen LogP contribution is -2.48. The van der Waals surface area contributed by atoms with E-state index < -0.39 is 10.0 Å². The number of rotatable bonds is 6. The number of nitriles is 1. The van der Waals surface area contributed by atoms with Crippen molar-refractivity contribution in [1.29, 1.82) is 5.26 Å². The monoisotopic (exact) mass is 339 g/mol. The van der Waals surface area contributed by atoms with Gasteiger partial charge in [-0.1, -0.05) is 0 Å². The third-order valence-electron chi connectivity index (χ3n) is 3.86. The van der Waals surface area contributed by atoms with Gasteiger partial charge >= 0.3 is 0 Å². The maximum Gasteiger partial charge on any atom is 0.246 e. The van der Waals surface area contributed by atoms with Crippen LogP contribution in [0.1, 0.15) is 6.42 Å². The molecule has 0 aromatic heterocycles. The number of methoxy groups -OCH3 is 2. The van der Waals surface area contributed by atoms with E-state index in [1.165, 1.54) is 24.6 Å². The highest BCUT2D eigenvalue weighted by atomic mass is 32.2. The van der Waals surface area contributed by atoms with Crippen molar-refractivity contribution < 1.29 is 17.9 Å². The summed E-state index contributed by atoms with van der Waals surface area (Å²) in [5, 5.41) is 8.63. The van der Waals surface area contributed by atoms with E-state index in [1.807, 2.05) is 0 Å². The van der Waals surface area contributed by atoms with Crippen LogP contribution in [0.4, 0.5) is 0 Å². The highest BCUT2D eigenvalue weighted by Gasteiger charge is 2.31. The third-order valence-corrected chi connectivity index (χ3v) is 5.78. The molecule has 8 heteroatoms. The Bertz CT molecular complexity index is 676. The minimum absolute atomic E-state index is 0.116. The van der Waals surface area contributed by atoms with Crippen LogP contribution in [0.2, 0.25) is 0 Å². The van der Waals surface area contributed by atoms with Gasteiger partial charge in [0, 0.05) is 45.2 Å². The summed E-state index contributed by atoms with van der Waals surface area (Å²) in [4.78, 5) is 2.21. The second kappa shape index (κ2) is 7.64. The Morgan fingerprint density at radius 1 is 1.17 bits per heavy atom. The molecule has 0 spiro atoms. The standard InChI is InChI=1S/C15H21N3O4S/c1-21-13-4-5-14(22-2)15(12-13)23(19,20)18-10-8-17(9-11-18)7-3-6-16/h4-5,12H,3,7-11H2,1-2H3. The molecule has 7 nitrogen and oxygen atoms in total. The van der Waals surface area contributed by atoms with E-state index >= 15 is 0 Å². The molecule has 0 N–H and O–H groups in total. The average Bonchev–Trinajstić information content (AvgIpc) is 2.59. The molecule has 1 aromatic carbocycles. The summed E-state index contributed by atoms with van der Waals surface area (Å²) in [6.45, 7) is 2.70. The molecule has 126 valence electrons. The molecule has 1 aliphatic rings. The van der Waals surface area contributed by atoms with Gasteiger partial charge in [-0.15, -0.1) is 0 Å². The summed E-state index contributed by atoms with van der Waals surface area (Å²) in [6.07, 6.45) is 0.455. The zero-order chi connectivity index (χ0) is 16.9. The molecule has 1 saturated heterocycles. The fourth-order valence-corrected chi connectivity index (χ4v) is 4.12. The van der Waals surface area contributed by atoms with E-state index in [1.54, 1.807) is 12.1 Å². The van der Waals surface area contributed by atoms with Crippen LogP contribution >= 0.6 is 0 Å². The number of hydrogen-bond donors (Lipinski definition) is 0. The van der Waals surface area contributed by atoms with Crippen LogP contribution in [0.25, 0.3) is 0 Å². The molecule has 0 amide bonds. The van der Waals surface area contributed by atoms with E-state index in [0.717, 1.165) is 0 Å². The van der Waals surface area contributed by atoms with Crippen LogP contribution in [0, 0.1) is 11.3 Å². The van der Waals surface area contributed by atoms with Gasteiger partial charge in [0.15, 0.2) is 0 Å². The third kappa shape index (κ3) is 3.93.